The Bertz CT molecular complexity index is 1320. The zero-order valence-electron chi connectivity index (χ0n) is 21.1. The predicted octanol–water partition coefficient (Wildman–Crippen LogP) is 2.58. The molecule has 2 heterocycles. The van der Waals surface area contributed by atoms with Crippen LogP contribution in [0, 0.1) is 5.92 Å². The number of aromatic nitrogens is 2. The molecule has 196 valence electrons. The van der Waals surface area contributed by atoms with Gasteiger partial charge in [-0.05, 0) is 60.5 Å². The number of ether oxygens (including phenoxy) is 1. The van der Waals surface area contributed by atoms with Gasteiger partial charge in [0, 0.05) is 19.6 Å². The molecule has 3 aromatic rings. The smallest absolute Gasteiger partial charge is 0.323 e. The molecule has 36 heavy (non-hydrogen) atoms. The summed E-state index contributed by atoms with van der Waals surface area (Å²) in [7, 11) is -3.50. The van der Waals surface area contributed by atoms with Gasteiger partial charge in [0.2, 0.25) is 10.0 Å². The number of sulfonamides is 1. The molecule has 10 heteroatoms. The number of aliphatic hydroxyl groups is 1. The normalized spacial score (nSPS) is 16.9. The monoisotopic (exact) mass is 516 g/mol. The molecular weight excluding hydrogens is 480 g/mol. The van der Waals surface area contributed by atoms with E-state index >= 15 is 0 Å². The number of fused-ring (bicyclic) bond motifs is 1. The fourth-order valence-corrected chi connectivity index (χ4v) is 5.95. The van der Waals surface area contributed by atoms with Crippen molar-refractivity contribution in [1.82, 2.24) is 19.6 Å². The second-order valence-electron chi connectivity index (χ2n) is 10.5. The van der Waals surface area contributed by atoms with Gasteiger partial charge in [-0.2, -0.15) is 4.31 Å². The van der Waals surface area contributed by atoms with Crippen LogP contribution < -0.4 is 15.7 Å². The number of imidazole rings is 1. The van der Waals surface area contributed by atoms with Crippen LogP contribution in [0.25, 0.3) is 11.0 Å². The summed E-state index contributed by atoms with van der Waals surface area (Å²) in [6.45, 7) is 8.44. The summed E-state index contributed by atoms with van der Waals surface area (Å²) < 4.78 is 33.4. The number of piperidine rings is 1. The number of para-hydroxylation sites is 1. The summed E-state index contributed by atoms with van der Waals surface area (Å²) in [4.78, 5) is 17.2. The van der Waals surface area contributed by atoms with Crippen LogP contribution in [0.5, 0.6) is 5.75 Å². The molecule has 1 aliphatic heterocycles. The third-order valence-corrected chi connectivity index (χ3v) is 8.60. The standard InChI is InChI=1S/C26H36N4O5S/c1-26(2,3)19-7-9-21(10-8-19)36(33,34)30-13-11-18(12-14-30)15-27-16-20(31)17-35-23-6-4-5-22-24(23)29-25(32)28-22/h4-10,18,20,27,31H,11-17H2,1-3H3,(H2,28,29,32)/t20-/m1/s1. The quantitative estimate of drug-likeness (QED) is 0.346. The highest BCUT2D eigenvalue weighted by Gasteiger charge is 2.29. The Kier molecular flexibility index (Phi) is 7.89. The minimum Gasteiger partial charge on any atom is -0.489 e. The number of rotatable bonds is 9. The number of hydrogen-bond donors (Lipinski definition) is 4. The summed E-state index contributed by atoms with van der Waals surface area (Å²) in [5.41, 5.74) is 2.01. The summed E-state index contributed by atoms with van der Waals surface area (Å²) >= 11 is 0. The molecule has 0 saturated carbocycles. The van der Waals surface area contributed by atoms with Gasteiger partial charge in [-0.15, -0.1) is 0 Å². The van der Waals surface area contributed by atoms with Gasteiger partial charge in [-0.3, -0.25) is 0 Å². The number of hydrogen-bond acceptors (Lipinski definition) is 6. The highest BCUT2D eigenvalue weighted by Crippen LogP contribution is 2.27. The van der Waals surface area contributed by atoms with E-state index in [4.69, 9.17) is 4.74 Å². The second-order valence-corrected chi connectivity index (χ2v) is 12.4. The molecule has 0 bridgehead atoms. The maximum atomic E-state index is 13.1. The first-order chi connectivity index (χ1) is 17.0. The third-order valence-electron chi connectivity index (χ3n) is 6.69. The molecule has 0 unspecified atom stereocenters. The van der Waals surface area contributed by atoms with Crippen molar-refractivity contribution in [3.05, 3.63) is 58.5 Å². The molecule has 0 radical (unpaired) electrons. The Morgan fingerprint density at radius 2 is 1.81 bits per heavy atom. The van der Waals surface area contributed by atoms with Crippen molar-refractivity contribution in [1.29, 1.82) is 0 Å². The van der Waals surface area contributed by atoms with Crippen LogP contribution in [0.15, 0.2) is 52.2 Å². The molecule has 9 nitrogen and oxygen atoms in total. The van der Waals surface area contributed by atoms with Crippen molar-refractivity contribution in [3.8, 4) is 5.75 Å². The zero-order chi connectivity index (χ0) is 25.9. The second kappa shape index (κ2) is 10.8. The summed E-state index contributed by atoms with van der Waals surface area (Å²) in [6, 6.07) is 12.5. The summed E-state index contributed by atoms with van der Waals surface area (Å²) in [6.07, 6.45) is 0.811. The molecule has 4 rings (SSSR count). The van der Waals surface area contributed by atoms with E-state index in [0.29, 0.717) is 53.8 Å². The highest BCUT2D eigenvalue weighted by atomic mass is 32.2. The number of aromatic amines is 2. The molecular formula is C26H36N4O5S. The van der Waals surface area contributed by atoms with Crippen LogP contribution in [0.4, 0.5) is 0 Å². The summed E-state index contributed by atoms with van der Waals surface area (Å²) in [5, 5.41) is 13.6. The maximum absolute atomic E-state index is 13.1. The van der Waals surface area contributed by atoms with Gasteiger partial charge in [-0.1, -0.05) is 39.0 Å². The molecule has 1 atom stereocenters. The van der Waals surface area contributed by atoms with E-state index in [0.717, 1.165) is 18.4 Å². The van der Waals surface area contributed by atoms with E-state index in [9.17, 15) is 18.3 Å². The van der Waals surface area contributed by atoms with Gasteiger partial charge in [0.25, 0.3) is 0 Å². The summed E-state index contributed by atoms with van der Waals surface area (Å²) in [5.74, 6) is 0.845. The third kappa shape index (κ3) is 6.18. The largest absolute Gasteiger partial charge is 0.489 e. The van der Waals surface area contributed by atoms with Gasteiger partial charge < -0.3 is 25.1 Å². The molecule has 0 spiro atoms. The first-order valence-electron chi connectivity index (χ1n) is 12.4. The molecule has 1 saturated heterocycles. The number of H-pyrrole nitrogens is 2. The van der Waals surface area contributed by atoms with Gasteiger partial charge in [0.05, 0.1) is 10.4 Å². The van der Waals surface area contributed by atoms with E-state index in [1.54, 1.807) is 34.6 Å². The Labute approximate surface area is 211 Å². The Hall–Kier alpha value is -2.66. The lowest BCUT2D eigenvalue weighted by molar-refractivity contribution is 0.105. The van der Waals surface area contributed by atoms with Crippen LogP contribution in [0.3, 0.4) is 0 Å². The van der Waals surface area contributed by atoms with Crippen molar-refractivity contribution in [2.24, 2.45) is 5.92 Å². The maximum Gasteiger partial charge on any atom is 0.323 e. The number of nitrogens with zero attached hydrogens (tertiary/aromatic N) is 1. The highest BCUT2D eigenvalue weighted by molar-refractivity contribution is 7.89. The molecule has 1 fully saturated rings. The van der Waals surface area contributed by atoms with E-state index < -0.39 is 16.1 Å². The van der Waals surface area contributed by atoms with Crippen LogP contribution >= 0.6 is 0 Å². The first-order valence-corrected chi connectivity index (χ1v) is 13.8. The fraction of sp³-hybridized carbons (Fsp3) is 0.500. The van der Waals surface area contributed by atoms with E-state index in [1.807, 2.05) is 12.1 Å². The van der Waals surface area contributed by atoms with Crippen LogP contribution in [-0.2, 0) is 15.4 Å². The van der Waals surface area contributed by atoms with Crippen LogP contribution in [0.1, 0.15) is 39.2 Å². The lowest BCUT2D eigenvalue weighted by Gasteiger charge is -2.31. The molecule has 1 aliphatic rings. The Morgan fingerprint density at radius 3 is 2.47 bits per heavy atom. The van der Waals surface area contributed by atoms with Gasteiger partial charge in [-0.25, -0.2) is 13.2 Å². The van der Waals surface area contributed by atoms with E-state index in [2.05, 4.69) is 36.1 Å². The van der Waals surface area contributed by atoms with Gasteiger partial charge in [0.15, 0.2) is 0 Å². The molecule has 1 aromatic heterocycles. The Balaban J connectivity index is 1.20. The lowest BCUT2D eigenvalue weighted by Crippen LogP contribution is -2.42. The average molecular weight is 517 g/mol. The van der Waals surface area contributed by atoms with Crippen molar-refractivity contribution >= 4 is 21.1 Å². The van der Waals surface area contributed by atoms with E-state index in [-0.39, 0.29) is 17.7 Å². The van der Waals surface area contributed by atoms with Crippen LogP contribution in [-0.4, -0.2) is 66.7 Å². The van der Waals surface area contributed by atoms with Crippen molar-refractivity contribution in [2.45, 2.75) is 50.0 Å². The van der Waals surface area contributed by atoms with Crippen LogP contribution in [0.2, 0.25) is 0 Å². The molecule has 0 aliphatic carbocycles. The lowest BCUT2D eigenvalue weighted by atomic mass is 9.87. The van der Waals surface area contributed by atoms with Crippen molar-refractivity contribution in [2.75, 3.05) is 32.8 Å². The van der Waals surface area contributed by atoms with Gasteiger partial charge >= 0.3 is 5.69 Å². The van der Waals surface area contributed by atoms with Crippen molar-refractivity contribution in [3.63, 3.8) is 0 Å². The molecule has 4 N–H and O–H groups in total. The molecule has 2 aromatic carbocycles. The Morgan fingerprint density at radius 1 is 1.11 bits per heavy atom. The minimum atomic E-state index is -3.50. The average Bonchev–Trinajstić information content (AvgIpc) is 3.23. The topological polar surface area (TPSA) is 128 Å². The number of nitrogens with one attached hydrogen (secondary N) is 3. The predicted molar refractivity (Wildman–Crippen MR) is 140 cm³/mol. The first kappa shape index (κ1) is 26.4. The van der Waals surface area contributed by atoms with Gasteiger partial charge in [0.1, 0.15) is 24.0 Å². The molecule has 0 amide bonds. The minimum absolute atomic E-state index is 0.0238. The number of aliphatic hydroxyl groups excluding tert-OH is 1. The zero-order valence-corrected chi connectivity index (χ0v) is 21.9. The van der Waals surface area contributed by atoms with Crippen molar-refractivity contribution < 1.29 is 18.3 Å². The SMILES string of the molecule is CC(C)(C)c1ccc(S(=O)(=O)N2CCC(CNC[C@@H](O)COc3cccc4[nH]c(=O)[nH]c34)CC2)cc1. The van der Waals surface area contributed by atoms with E-state index in [1.165, 1.54) is 0 Å². The number of benzene rings is 2. The fourth-order valence-electron chi connectivity index (χ4n) is 4.48.